The molecule has 158 valence electrons. The van der Waals surface area contributed by atoms with Crippen LogP contribution < -0.4 is 8.56 Å². The Kier molecular flexibility index (Phi) is 3.15. The average molecular weight is 457 g/mol. The summed E-state index contributed by atoms with van der Waals surface area (Å²) in [6.45, 7) is 4.27. The van der Waals surface area contributed by atoms with Crippen molar-refractivity contribution in [1.82, 2.24) is 4.58 Å². The summed E-state index contributed by atoms with van der Waals surface area (Å²) in [6.07, 6.45) is 2.43. The van der Waals surface area contributed by atoms with E-state index in [4.69, 9.17) is 0 Å². The predicted molar refractivity (Wildman–Crippen MR) is 129 cm³/mol. The second-order valence-corrected chi connectivity index (χ2v) is 12.0. The molecule has 8 rings (SSSR count). The van der Waals surface area contributed by atoms with Crippen molar-refractivity contribution >= 4 is 32.1 Å². The molecule has 0 amide bonds. The van der Waals surface area contributed by atoms with Crippen molar-refractivity contribution in [2.45, 2.75) is 37.0 Å². The van der Waals surface area contributed by atoms with Crippen LogP contribution in [0.4, 0.5) is 0 Å². The van der Waals surface area contributed by atoms with E-state index < -0.39 is 0 Å². The molecule has 3 aliphatic carbocycles. The van der Waals surface area contributed by atoms with E-state index >= 15 is 0 Å². The summed E-state index contributed by atoms with van der Waals surface area (Å²) in [4.78, 5) is 0. The van der Waals surface area contributed by atoms with Crippen molar-refractivity contribution in [2.75, 3.05) is 13.1 Å². The zero-order valence-electron chi connectivity index (χ0n) is 17.7. The van der Waals surface area contributed by atoms with E-state index in [9.17, 15) is 10.2 Å². The smallest absolute Gasteiger partial charge is 0.315 e. The number of phenols is 2. The van der Waals surface area contributed by atoms with Crippen LogP contribution in [0.15, 0.2) is 42.5 Å². The van der Waals surface area contributed by atoms with E-state index in [1.165, 1.54) is 44.6 Å². The molecule has 3 atom stereocenters. The fourth-order valence-corrected chi connectivity index (χ4v) is 9.85. The normalized spacial score (nSPS) is 26.1. The van der Waals surface area contributed by atoms with Crippen LogP contribution in [0.2, 0.25) is 0 Å². The quantitative estimate of drug-likeness (QED) is 0.284. The van der Waals surface area contributed by atoms with Gasteiger partial charge in [0.15, 0.2) is 0 Å². The molecule has 0 saturated carbocycles. The Hall–Kier alpha value is -2.63. The molecule has 3 nitrogen and oxygen atoms in total. The molecule has 2 heterocycles. The highest BCUT2D eigenvalue weighted by Crippen LogP contribution is 2.79. The Morgan fingerprint density at radius 2 is 1.47 bits per heavy atom. The third-order valence-corrected chi connectivity index (χ3v) is 11.0. The first-order valence-corrected chi connectivity index (χ1v) is 13.1. The fourth-order valence-electron chi connectivity index (χ4n) is 7.17. The lowest BCUT2D eigenvalue weighted by molar-refractivity contribution is 0.326. The maximum Gasteiger partial charge on any atom is 0.315 e. The van der Waals surface area contributed by atoms with Crippen LogP contribution in [-0.4, -0.2) is 23.3 Å². The van der Waals surface area contributed by atoms with Crippen LogP contribution in [0.5, 0.6) is 11.5 Å². The monoisotopic (exact) mass is 456 g/mol. The standard InChI is InChI=1S/C27H21NO2S2/c1-13-8-9-17-15(12-13)21-19-18(20-14-6-2-3-7-16(14)27(17,20)21)22(29)24-25(23(19)30)32-26(31-24)28-10-4-5-11-28/h2-3,6-9,12,20-21H,4-5,10-11H2,1H3,(H-,29,30)/p+1/t20-,21?,27?/m0/s1. The molecule has 0 radical (unpaired) electrons. The molecule has 4 aliphatic rings. The Morgan fingerprint density at radius 1 is 0.844 bits per heavy atom. The molecule has 1 aromatic heterocycles. The first-order valence-electron chi connectivity index (χ1n) is 11.4. The van der Waals surface area contributed by atoms with E-state index in [0.717, 1.165) is 33.6 Å². The Morgan fingerprint density at radius 3 is 2.19 bits per heavy atom. The summed E-state index contributed by atoms with van der Waals surface area (Å²) in [5.41, 5.74) is 8.40. The Labute approximate surface area is 193 Å². The minimum atomic E-state index is -0.136. The van der Waals surface area contributed by atoms with Crippen LogP contribution in [0.25, 0.3) is 9.40 Å². The Bertz CT molecular complexity index is 1590. The third kappa shape index (κ3) is 1.75. The van der Waals surface area contributed by atoms with Gasteiger partial charge in [-0.2, -0.15) is 0 Å². The number of aromatic hydroxyl groups is 2. The first-order chi connectivity index (χ1) is 15.6. The number of phenolic OH excluding ortho intramolecular Hbond substituents is 2. The van der Waals surface area contributed by atoms with Gasteiger partial charge in [-0.1, -0.05) is 70.7 Å². The maximum atomic E-state index is 11.7. The van der Waals surface area contributed by atoms with Gasteiger partial charge in [-0.25, -0.2) is 4.58 Å². The molecule has 1 spiro atoms. The van der Waals surface area contributed by atoms with Gasteiger partial charge in [0.1, 0.15) is 24.6 Å². The summed E-state index contributed by atoms with van der Waals surface area (Å²) in [6, 6.07) is 15.4. The van der Waals surface area contributed by atoms with Gasteiger partial charge >= 0.3 is 3.98 Å². The number of nitrogens with zero attached hydrogens (tertiary/aromatic N) is 1. The molecule has 3 aromatic carbocycles. The highest BCUT2D eigenvalue weighted by atomic mass is 32.2. The molecule has 1 fully saturated rings. The number of aryl methyl sites for hydroxylation is 1. The van der Waals surface area contributed by atoms with Crippen LogP contribution in [0.1, 0.15) is 63.6 Å². The molecule has 4 aromatic rings. The summed E-state index contributed by atoms with van der Waals surface area (Å²) in [7, 11) is 0. The van der Waals surface area contributed by atoms with Gasteiger partial charge < -0.3 is 10.2 Å². The van der Waals surface area contributed by atoms with Crippen molar-refractivity contribution in [3.8, 4) is 11.5 Å². The van der Waals surface area contributed by atoms with Crippen LogP contribution in [0.3, 0.4) is 0 Å². The van der Waals surface area contributed by atoms with Gasteiger partial charge in [-0.15, -0.1) is 0 Å². The minimum Gasteiger partial charge on any atom is -0.506 e. The van der Waals surface area contributed by atoms with Crippen molar-refractivity contribution in [3.63, 3.8) is 0 Å². The summed E-state index contributed by atoms with van der Waals surface area (Å²) >= 11 is 3.30. The van der Waals surface area contributed by atoms with Gasteiger partial charge in [-0.05, 0) is 29.2 Å². The second-order valence-electron chi connectivity index (χ2n) is 9.76. The first kappa shape index (κ1) is 17.9. The van der Waals surface area contributed by atoms with Crippen LogP contribution >= 0.6 is 22.7 Å². The summed E-state index contributed by atoms with van der Waals surface area (Å²) in [5, 5.41) is 23.4. The Balaban J connectivity index is 1.50. The van der Waals surface area contributed by atoms with E-state index in [0.29, 0.717) is 11.5 Å². The zero-order chi connectivity index (χ0) is 21.4. The van der Waals surface area contributed by atoms with E-state index in [2.05, 4.69) is 54.0 Å². The maximum absolute atomic E-state index is 11.7. The zero-order valence-corrected chi connectivity index (χ0v) is 19.3. The second kappa shape index (κ2) is 5.64. The third-order valence-electron chi connectivity index (χ3n) is 8.35. The highest BCUT2D eigenvalue weighted by Gasteiger charge is 2.71. The molecular formula is C27H22NO2S2+. The minimum absolute atomic E-state index is 0.116. The van der Waals surface area contributed by atoms with Gasteiger partial charge in [0.05, 0.1) is 9.40 Å². The van der Waals surface area contributed by atoms with E-state index in [1.807, 2.05) is 0 Å². The average Bonchev–Trinajstić information content (AvgIpc) is 3.49. The summed E-state index contributed by atoms with van der Waals surface area (Å²) in [5.74, 6) is 1.03. The topological polar surface area (TPSA) is 43.5 Å². The van der Waals surface area contributed by atoms with Crippen LogP contribution in [0, 0.1) is 6.92 Å². The molecular weight excluding hydrogens is 434 g/mol. The number of benzene rings is 3. The van der Waals surface area contributed by atoms with Crippen molar-refractivity contribution in [2.24, 2.45) is 0 Å². The van der Waals surface area contributed by atoms with Crippen molar-refractivity contribution < 1.29 is 10.2 Å². The fraction of sp³-hybridized carbons (Fsp3) is 0.296. The molecule has 5 heteroatoms. The lowest BCUT2D eigenvalue weighted by Gasteiger charge is -2.58. The van der Waals surface area contributed by atoms with Gasteiger partial charge in [0, 0.05) is 41.2 Å². The number of fused-ring (bicyclic) bond motifs is 8. The molecule has 0 bridgehead atoms. The van der Waals surface area contributed by atoms with Crippen LogP contribution in [-0.2, 0) is 5.41 Å². The number of hydrogen-bond acceptors (Lipinski definition) is 4. The molecule has 2 unspecified atom stereocenters. The van der Waals surface area contributed by atoms with Gasteiger partial charge in [-0.3, -0.25) is 0 Å². The van der Waals surface area contributed by atoms with Crippen molar-refractivity contribution in [3.05, 3.63) is 85.4 Å². The lowest BCUT2D eigenvalue weighted by Crippen LogP contribution is -2.52. The predicted octanol–water partition coefficient (Wildman–Crippen LogP) is 5.14. The van der Waals surface area contributed by atoms with Gasteiger partial charge in [0.2, 0.25) is 0 Å². The SMILES string of the molecule is Cc1ccc2c(c1)C1c3c(c(O)c4sc(=[N+]5CCCC5)sc4c3O)[C@@H]3c4ccccc4C213. The molecule has 2 N–H and O–H groups in total. The van der Waals surface area contributed by atoms with E-state index in [1.54, 1.807) is 22.7 Å². The molecule has 1 aliphatic heterocycles. The highest BCUT2D eigenvalue weighted by molar-refractivity contribution is 7.36. The largest absolute Gasteiger partial charge is 0.506 e. The van der Waals surface area contributed by atoms with Crippen molar-refractivity contribution in [1.29, 1.82) is 0 Å². The number of rotatable bonds is 0. The molecule has 32 heavy (non-hydrogen) atoms. The number of hydrogen-bond donors (Lipinski definition) is 2. The van der Waals surface area contributed by atoms with E-state index in [-0.39, 0.29) is 17.3 Å². The lowest BCUT2D eigenvalue weighted by atomic mass is 9.43. The molecule has 1 saturated heterocycles. The van der Waals surface area contributed by atoms with Gasteiger partial charge in [0.25, 0.3) is 0 Å². The summed E-state index contributed by atoms with van der Waals surface area (Å²) < 4.78 is 5.32.